The van der Waals surface area contributed by atoms with Crippen molar-refractivity contribution in [1.29, 1.82) is 0 Å². The fourth-order valence-electron chi connectivity index (χ4n) is 3.50. The largest absolute Gasteiger partial charge is 0.481 e. The summed E-state index contributed by atoms with van der Waals surface area (Å²) >= 11 is 1.32. The predicted molar refractivity (Wildman–Crippen MR) is 145 cm³/mol. The van der Waals surface area contributed by atoms with E-state index in [1.165, 1.54) is 11.5 Å². The fraction of sp³-hybridized carbons (Fsp3) is 0.207. The zero-order chi connectivity index (χ0) is 26.1. The molecule has 1 amide bonds. The highest BCUT2D eigenvalue weighted by Gasteiger charge is 2.17. The van der Waals surface area contributed by atoms with Gasteiger partial charge < -0.3 is 9.84 Å². The molecule has 0 spiro atoms. The number of carboxylic acids is 1. The van der Waals surface area contributed by atoms with E-state index in [9.17, 15) is 14.7 Å². The van der Waals surface area contributed by atoms with E-state index < -0.39 is 18.0 Å². The van der Waals surface area contributed by atoms with Crippen LogP contribution >= 0.6 is 11.5 Å². The van der Waals surface area contributed by atoms with Gasteiger partial charge in [0.15, 0.2) is 0 Å². The molecule has 0 aliphatic carbocycles. The minimum atomic E-state index is -0.842. The summed E-state index contributed by atoms with van der Waals surface area (Å²) in [4.78, 5) is 24.4. The van der Waals surface area contributed by atoms with Crippen molar-refractivity contribution in [2.24, 2.45) is 0 Å². The molecule has 0 fully saturated rings. The van der Waals surface area contributed by atoms with Gasteiger partial charge in [0.1, 0.15) is 6.61 Å². The summed E-state index contributed by atoms with van der Waals surface area (Å²) in [6.45, 7) is 7.71. The number of hydrogen-bond donors (Lipinski definition) is 2. The minimum Gasteiger partial charge on any atom is -0.481 e. The molecule has 0 aliphatic rings. The third kappa shape index (κ3) is 6.58. The highest BCUT2D eigenvalue weighted by atomic mass is 32.1. The Labute approximate surface area is 215 Å². The van der Waals surface area contributed by atoms with Crippen LogP contribution in [0.5, 0.6) is 0 Å². The zero-order valence-corrected chi connectivity index (χ0v) is 21.6. The molecular formula is C29H30N2O4S. The smallest absolute Gasteiger partial charge is 0.412 e. The first-order valence-corrected chi connectivity index (χ1v) is 12.6. The molecule has 7 heteroatoms. The second-order valence-corrected chi connectivity index (χ2v) is 8.69. The van der Waals surface area contributed by atoms with E-state index in [-0.39, 0.29) is 6.61 Å². The van der Waals surface area contributed by atoms with Crippen LogP contribution in [0.1, 0.15) is 43.5 Å². The molecule has 2 N–H and O–H groups in total. The van der Waals surface area contributed by atoms with E-state index in [0.29, 0.717) is 5.69 Å². The van der Waals surface area contributed by atoms with Crippen LogP contribution in [0, 0.1) is 6.92 Å². The van der Waals surface area contributed by atoms with Crippen molar-refractivity contribution in [3.05, 3.63) is 95.7 Å². The number of nitrogens with zero attached hydrogens (tertiary/aromatic N) is 1. The molecule has 0 radical (unpaired) electrons. The van der Waals surface area contributed by atoms with Crippen LogP contribution in [-0.4, -0.2) is 21.5 Å². The average Bonchev–Trinajstić information content (AvgIpc) is 3.28. The van der Waals surface area contributed by atoms with Gasteiger partial charge in [0.05, 0.1) is 22.2 Å². The van der Waals surface area contributed by atoms with Gasteiger partial charge in [0.25, 0.3) is 0 Å². The maximum atomic E-state index is 12.4. The molecule has 0 aliphatic heterocycles. The monoisotopic (exact) mass is 502 g/mol. The summed E-state index contributed by atoms with van der Waals surface area (Å²) in [5.74, 6) is -1.39. The second-order valence-electron chi connectivity index (χ2n) is 7.92. The van der Waals surface area contributed by atoms with Gasteiger partial charge in [-0.2, -0.15) is 4.37 Å². The molecule has 1 aromatic heterocycles. The van der Waals surface area contributed by atoms with Gasteiger partial charge in [0, 0.05) is 0 Å². The van der Waals surface area contributed by atoms with Crippen LogP contribution in [0.25, 0.3) is 21.6 Å². The molecular weight excluding hydrogens is 472 g/mol. The summed E-state index contributed by atoms with van der Waals surface area (Å²) in [6, 6.07) is 25.0. The standard InChI is InChI=1S/C27H24N2O4S.C2H6/c1-17(26(30)31)20-8-10-21(11-9-20)22-12-14-23(15-13-22)25-24(18(2)29-34-25)28-27(32)33-16-19-6-4-3-5-7-19;1-2/h3-15,17H,16H2,1-2H3,(H,28,32)(H,30,31);1-2H3. The first-order valence-electron chi connectivity index (χ1n) is 11.8. The highest BCUT2D eigenvalue weighted by Crippen LogP contribution is 2.36. The number of rotatable bonds is 7. The normalized spacial score (nSPS) is 11.1. The molecule has 186 valence electrons. The number of carbonyl (C=O) groups excluding carboxylic acids is 1. The van der Waals surface area contributed by atoms with Crippen molar-refractivity contribution < 1.29 is 19.4 Å². The molecule has 1 heterocycles. The first kappa shape index (κ1) is 26.6. The molecule has 4 rings (SSSR count). The number of carbonyl (C=O) groups is 2. The van der Waals surface area contributed by atoms with E-state index in [0.717, 1.165) is 38.4 Å². The van der Waals surface area contributed by atoms with Crippen LogP contribution in [-0.2, 0) is 16.1 Å². The van der Waals surface area contributed by atoms with Crippen LogP contribution in [0.2, 0.25) is 0 Å². The number of carboxylic acid groups (broad SMARTS) is 1. The Kier molecular flexibility index (Phi) is 9.36. The molecule has 1 atom stereocenters. The maximum Gasteiger partial charge on any atom is 0.412 e. The highest BCUT2D eigenvalue weighted by molar-refractivity contribution is 7.10. The number of aryl methyl sites for hydroxylation is 1. The molecule has 1 unspecified atom stereocenters. The lowest BCUT2D eigenvalue weighted by Crippen LogP contribution is -2.14. The minimum absolute atomic E-state index is 0.192. The number of benzene rings is 3. The van der Waals surface area contributed by atoms with Gasteiger partial charge in [-0.3, -0.25) is 10.1 Å². The number of ether oxygens (including phenoxy) is 1. The molecule has 4 aromatic rings. The van der Waals surface area contributed by atoms with Gasteiger partial charge in [-0.25, -0.2) is 4.79 Å². The Morgan fingerprint density at radius 1 is 0.917 bits per heavy atom. The van der Waals surface area contributed by atoms with Crippen molar-refractivity contribution in [2.45, 2.75) is 40.2 Å². The van der Waals surface area contributed by atoms with Crippen molar-refractivity contribution in [2.75, 3.05) is 5.32 Å². The lowest BCUT2D eigenvalue weighted by molar-refractivity contribution is -0.138. The number of aliphatic carboxylic acids is 1. The van der Waals surface area contributed by atoms with Crippen LogP contribution in [0.15, 0.2) is 78.9 Å². The van der Waals surface area contributed by atoms with E-state index >= 15 is 0 Å². The fourth-order valence-corrected chi connectivity index (χ4v) is 4.35. The van der Waals surface area contributed by atoms with Gasteiger partial charge in [-0.05, 0) is 53.2 Å². The second kappa shape index (κ2) is 12.7. The Balaban J connectivity index is 0.00000176. The third-order valence-electron chi connectivity index (χ3n) is 5.56. The van der Waals surface area contributed by atoms with Crippen LogP contribution in [0.4, 0.5) is 10.5 Å². The summed E-state index contributed by atoms with van der Waals surface area (Å²) in [5, 5.41) is 12.0. The molecule has 3 aromatic carbocycles. The quantitative estimate of drug-likeness (QED) is 0.270. The lowest BCUT2D eigenvalue weighted by Gasteiger charge is -2.10. The van der Waals surface area contributed by atoms with Gasteiger partial charge >= 0.3 is 12.1 Å². The zero-order valence-electron chi connectivity index (χ0n) is 20.8. The van der Waals surface area contributed by atoms with Crippen molar-refractivity contribution in [3.8, 4) is 21.6 Å². The summed E-state index contributed by atoms with van der Waals surface area (Å²) < 4.78 is 9.76. The summed E-state index contributed by atoms with van der Waals surface area (Å²) in [5.41, 5.74) is 5.99. The first-order chi connectivity index (χ1) is 17.4. The molecule has 0 saturated heterocycles. The SMILES string of the molecule is CC.Cc1nsc(-c2ccc(-c3ccc(C(C)C(=O)O)cc3)cc2)c1NC(=O)OCc1ccccc1. The molecule has 36 heavy (non-hydrogen) atoms. The number of anilines is 1. The molecule has 0 bridgehead atoms. The Bertz CT molecular complexity index is 1280. The summed E-state index contributed by atoms with van der Waals surface area (Å²) in [7, 11) is 0. The van der Waals surface area contributed by atoms with Crippen molar-refractivity contribution in [3.63, 3.8) is 0 Å². The van der Waals surface area contributed by atoms with Crippen LogP contribution < -0.4 is 5.32 Å². The Hall–Kier alpha value is -3.97. The average molecular weight is 503 g/mol. The van der Waals surface area contributed by atoms with Gasteiger partial charge in [-0.1, -0.05) is 92.7 Å². The van der Waals surface area contributed by atoms with E-state index in [2.05, 4.69) is 9.69 Å². The van der Waals surface area contributed by atoms with Crippen molar-refractivity contribution >= 4 is 29.3 Å². The Morgan fingerprint density at radius 3 is 2.06 bits per heavy atom. The number of amides is 1. The molecule has 6 nitrogen and oxygen atoms in total. The number of aromatic nitrogens is 1. The third-order valence-corrected chi connectivity index (χ3v) is 6.55. The van der Waals surface area contributed by atoms with E-state index in [4.69, 9.17) is 4.74 Å². The number of nitrogens with one attached hydrogen (secondary N) is 1. The van der Waals surface area contributed by atoms with E-state index in [1.807, 2.05) is 99.6 Å². The topological polar surface area (TPSA) is 88.5 Å². The van der Waals surface area contributed by atoms with Gasteiger partial charge in [-0.15, -0.1) is 0 Å². The van der Waals surface area contributed by atoms with E-state index in [1.54, 1.807) is 6.92 Å². The number of hydrogen-bond acceptors (Lipinski definition) is 5. The Morgan fingerprint density at radius 2 is 1.47 bits per heavy atom. The molecule has 0 saturated carbocycles. The van der Waals surface area contributed by atoms with Crippen molar-refractivity contribution in [1.82, 2.24) is 4.37 Å². The lowest BCUT2D eigenvalue weighted by atomic mass is 9.97. The predicted octanol–water partition coefficient (Wildman–Crippen LogP) is 7.75. The maximum absolute atomic E-state index is 12.4. The van der Waals surface area contributed by atoms with Crippen LogP contribution in [0.3, 0.4) is 0 Å². The summed E-state index contributed by atoms with van der Waals surface area (Å²) in [6.07, 6.45) is -0.527. The van der Waals surface area contributed by atoms with Gasteiger partial charge in [0.2, 0.25) is 0 Å².